The topological polar surface area (TPSA) is 20.2 Å². The van der Waals surface area contributed by atoms with E-state index in [4.69, 9.17) is 0 Å². The average Bonchev–Trinajstić information content (AvgIpc) is 2.57. The quantitative estimate of drug-likeness (QED) is 0.678. The zero-order valence-electron chi connectivity index (χ0n) is 16.1. The van der Waals surface area contributed by atoms with E-state index in [1.54, 1.807) is 0 Å². The lowest BCUT2D eigenvalue weighted by atomic mass is 9.68. The predicted molar refractivity (Wildman–Crippen MR) is 104 cm³/mol. The second kappa shape index (κ2) is 7.01. The molecule has 0 aliphatic heterocycles. The van der Waals surface area contributed by atoms with Gasteiger partial charge in [-0.2, -0.15) is 0 Å². The molecule has 0 aromatic heterocycles. The second-order valence-corrected chi connectivity index (χ2v) is 7.79. The zero-order valence-corrected chi connectivity index (χ0v) is 16.1. The number of benzene rings is 2. The first-order chi connectivity index (χ1) is 11.3. The van der Waals surface area contributed by atoms with Crippen LogP contribution in [0.1, 0.15) is 76.6 Å². The third-order valence-electron chi connectivity index (χ3n) is 5.48. The molecule has 130 valence electrons. The van der Waals surface area contributed by atoms with Crippen molar-refractivity contribution in [3.05, 3.63) is 64.7 Å². The molecule has 1 heteroatoms. The van der Waals surface area contributed by atoms with Crippen molar-refractivity contribution < 1.29 is 5.11 Å². The van der Waals surface area contributed by atoms with E-state index in [9.17, 15) is 5.11 Å². The summed E-state index contributed by atoms with van der Waals surface area (Å²) < 4.78 is 0. The summed E-state index contributed by atoms with van der Waals surface area (Å²) in [5.41, 5.74) is 4.66. The van der Waals surface area contributed by atoms with E-state index < -0.39 is 0 Å². The van der Waals surface area contributed by atoms with E-state index in [1.807, 2.05) is 0 Å². The Morgan fingerprint density at radius 1 is 0.833 bits per heavy atom. The maximum absolute atomic E-state index is 11.0. The minimum atomic E-state index is -0.142. The molecule has 0 bridgehead atoms. The van der Waals surface area contributed by atoms with Gasteiger partial charge in [-0.05, 0) is 41.4 Å². The molecule has 24 heavy (non-hydrogen) atoms. The Morgan fingerprint density at radius 2 is 1.42 bits per heavy atom. The lowest BCUT2D eigenvalue weighted by Crippen LogP contribution is -2.27. The van der Waals surface area contributed by atoms with Crippen LogP contribution >= 0.6 is 0 Å². The van der Waals surface area contributed by atoms with Crippen LogP contribution in [0, 0.1) is 0 Å². The summed E-state index contributed by atoms with van der Waals surface area (Å²) in [6.45, 7) is 13.3. The van der Waals surface area contributed by atoms with Crippen molar-refractivity contribution in [2.45, 2.75) is 71.6 Å². The average molecular weight is 325 g/mol. The Bertz CT molecular complexity index is 673. The van der Waals surface area contributed by atoms with Crippen molar-refractivity contribution in [2.24, 2.45) is 0 Å². The van der Waals surface area contributed by atoms with Crippen molar-refractivity contribution in [3.63, 3.8) is 0 Å². The summed E-state index contributed by atoms with van der Waals surface area (Å²) in [7, 11) is 0. The summed E-state index contributed by atoms with van der Waals surface area (Å²) >= 11 is 0. The summed E-state index contributed by atoms with van der Waals surface area (Å²) in [4.78, 5) is 0. The predicted octanol–water partition coefficient (Wildman–Crippen LogP) is 6.36. The molecule has 0 heterocycles. The third-order valence-corrected chi connectivity index (χ3v) is 5.48. The zero-order chi connectivity index (χ0) is 18.0. The molecule has 0 amide bonds. The van der Waals surface area contributed by atoms with Crippen molar-refractivity contribution in [3.8, 4) is 5.75 Å². The monoisotopic (exact) mass is 324 g/mol. The molecular weight excluding hydrogens is 292 g/mol. The third kappa shape index (κ3) is 3.22. The molecule has 2 aromatic rings. The smallest absolute Gasteiger partial charge is 0.122 e. The Labute approximate surface area is 147 Å². The van der Waals surface area contributed by atoms with Gasteiger partial charge >= 0.3 is 0 Å². The van der Waals surface area contributed by atoms with Gasteiger partial charge in [-0.15, -0.1) is 0 Å². The Kier molecular flexibility index (Phi) is 5.42. The maximum atomic E-state index is 11.0. The number of aromatic hydroxyl groups is 1. The van der Waals surface area contributed by atoms with Gasteiger partial charge in [-0.25, -0.2) is 0 Å². The second-order valence-electron chi connectivity index (χ2n) is 7.79. The highest BCUT2D eigenvalue weighted by Crippen LogP contribution is 2.45. The number of aryl methyl sites for hydroxylation is 1. The molecule has 0 saturated carbocycles. The molecule has 2 rings (SSSR count). The molecule has 0 fully saturated rings. The number of rotatable bonds is 5. The van der Waals surface area contributed by atoms with E-state index in [0.717, 1.165) is 30.4 Å². The minimum absolute atomic E-state index is 0.0658. The minimum Gasteiger partial charge on any atom is -0.507 e. The molecule has 2 aromatic carbocycles. The largest absolute Gasteiger partial charge is 0.507 e. The molecular formula is C23H32O. The standard InChI is InChI=1S/C23H32O/c1-7-17-15-19(22(4,5)6)16-20(21(17)24)23(8-2,9-3)18-13-11-10-12-14-18/h10-16,24H,7-9H2,1-6H3. The van der Waals surface area contributed by atoms with Crippen LogP contribution in [0.25, 0.3) is 0 Å². The van der Waals surface area contributed by atoms with Gasteiger partial charge in [0.15, 0.2) is 0 Å². The fourth-order valence-corrected chi connectivity index (χ4v) is 3.71. The van der Waals surface area contributed by atoms with E-state index in [2.05, 4.69) is 84.0 Å². The normalized spacial score (nSPS) is 12.4. The molecule has 0 unspecified atom stereocenters. The summed E-state index contributed by atoms with van der Waals surface area (Å²) in [5, 5.41) is 11.0. The maximum Gasteiger partial charge on any atom is 0.122 e. The molecule has 1 nitrogen and oxygen atoms in total. The van der Waals surface area contributed by atoms with Crippen LogP contribution in [0.4, 0.5) is 0 Å². The molecule has 1 N–H and O–H groups in total. The SMILES string of the molecule is CCc1cc(C(C)(C)C)cc(C(CC)(CC)c2ccccc2)c1O. The number of phenols is 1. The first-order valence-electron chi connectivity index (χ1n) is 9.22. The molecule has 0 spiro atoms. The Hall–Kier alpha value is -1.76. The van der Waals surface area contributed by atoms with Gasteiger partial charge in [0.2, 0.25) is 0 Å². The van der Waals surface area contributed by atoms with Crippen LogP contribution in [-0.2, 0) is 17.3 Å². The molecule has 0 atom stereocenters. The molecule has 0 aliphatic rings. The fraction of sp³-hybridized carbons (Fsp3) is 0.478. The Balaban J connectivity index is 2.80. The first kappa shape index (κ1) is 18.6. The summed E-state index contributed by atoms with van der Waals surface area (Å²) in [6, 6.07) is 15.1. The lowest BCUT2D eigenvalue weighted by Gasteiger charge is -2.36. The van der Waals surface area contributed by atoms with E-state index in [-0.39, 0.29) is 10.8 Å². The van der Waals surface area contributed by atoms with Crippen molar-refractivity contribution >= 4 is 0 Å². The number of hydrogen-bond donors (Lipinski definition) is 1. The highest BCUT2D eigenvalue weighted by atomic mass is 16.3. The van der Waals surface area contributed by atoms with Gasteiger partial charge in [0.1, 0.15) is 5.75 Å². The highest BCUT2D eigenvalue weighted by molar-refractivity contribution is 5.53. The highest BCUT2D eigenvalue weighted by Gasteiger charge is 2.34. The lowest BCUT2D eigenvalue weighted by molar-refractivity contribution is 0.413. The number of phenolic OH excluding ortho intramolecular Hbond substituents is 1. The van der Waals surface area contributed by atoms with Crippen LogP contribution in [0.2, 0.25) is 0 Å². The summed E-state index contributed by atoms with van der Waals surface area (Å²) in [5.74, 6) is 0.484. The van der Waals surface area contributed by atoms with Crippen molar-refractivity contribution in [1.29, 1.82) is 0 Å². The Morgan fingerprint density at radius 3 is 1.88 bits per heavy atom. The summed E-state index contributed by atoms with van der Waals surface area (Å²) in [6.07, 6.45) is 2.79. The van der Waals surface area contributed by atoms with Crippen LogP contribution in [0.3, 0.4) is 0 Å². The van der Waals surface area contributed by atoms with E-state index in [0.29, 0.717) is 5.75 Å². The van der Waals surface area contributed by atoms with Crippen molar-refractivity contribution in [1.82, 2.24) is 0 Å². The van der Waals surface area contributed by atoms with Gasteiger partial charge in [-0.1, -0.05) is 84.0 Å². The van der Waals surface area contributed by atoms with E-state index in [1.165, 1.54) is 11.1 Å². The van der Waals surface area contributed by atoms with Crippen LogP contribution in [-0.4, -0.2) is 5.11 Å². The molecule has 0 radical (unpaired) electrons. The van der Waals surface area contributed by atoms with Gasteiger partial charge in [-0.3, -0.25) is 0 Å². The van der Waals surface area contributed by atoms with Gasteiger partial charge < -0.3 is 5.11 Å². The van der Waals surface area contributed by atoms with Gasteiger partial charge in [0.05, 0.1) is 0 Å². The van der Waals surface area contributed by atoms with Crippen LogP contribution < -0.4 is 0 Å². The number of hydrogen-bond acceptors (Lipinski definition) is 1. The fourth-order valence-electron chi connectivity index (χ4n) is 3.71. The van der Waals surface area contributed by atoms with Gasteiger partial charge in [0, 0.05) is 11.0 Å². The van der Waals surface area contributed by atoms with Gasteiger partial charge in [0.25, 0.3) is 0 Å². The first-order valence-corrected chi connectivity index (χ1v) is 9.22. The van der Waals surface area contributed by atoms with Crippen molar-refractivity contribution in [2.75, 3.05) is 0 Å². The van der Waals surface area contributed by atoms with Crippen LogP contribution in [0.5, 0.6) is 5.75 Å². The molecule has 0 aliphatic carbocycles. The molecule has 0 saturated heterocycles. The van der Waals surface area contributed by atoms with E-state index >= 15 is 0 Å². The van der Waals surface area contributed by atoms with Crippen LogP contribution in [0.15, 0.2) is 42.5 Å².